The first-order valence-electron chi connectivity index (χ1n) is 6.19. The predicted molar refractivity (Wildman–Crippen MR) is 73.5 cm³/mol. The van der Waals surface area contributed by atoms with Gasteiger partial charge in [0.1, 0.15) is 18.6 Å². The molecular formula is C16H15FNO. The molecule has 0 saturated carbocycles. The first-order valence-corrected chi connectivity index (χ1v) is 6.19. The van der Waals surface area contributed by atoms with Gasteiger partial charge in [0.05, 0.1) is 0 Å². The van der Waals surface area contributed by atoms with E-state index in [1.165, 1.54) is 17.7 Å². The Bertz CT molecular complexity index is 549. The second kappa shape index (κ2) is 6.69. The minimum absolute atomic E-state index is 0.310. The van der Waals surface area contributed by atoms with Crippen molar-refractivity contribution in [2.24, 2.45) is 5.16 Å². The Labute approximate surface area is 112 Å². The molecular weight excluding hydrogens is 241 g/mol. The SMILES string of the molecule is CCc1ccc(CO/N=[C]\c2cccc(F)c2)cc1. The molecule has 0 heterocycles. The molecule has 0 spiro atoms. The summed E-state index contributed by atoms with van der Waals surface area (Å²) in [6.07, 6.45) is 3.66. The van der Waals surface area contributed by atoms with Gasteiger partial charge in [-0.1, -0.05) is 48.5 Å². The van der Waals surface area contributed by atoms with Crippen LogP contribution in [0.25, 0.3) is 0 Å². The van der Waals surface area contributed by atoms with Crippen molar-refractivity contribution in [3.05, 3.63) is 71.0 Å². The summed E-state index contributed by atoms with van der Waals surface area (Å²) in [5, 5.41) is 3.70. The van der Waals surface area contributed by atoms with Crippen LogP contribution in [0.3, 0.4) is 0 Å². The molecule has 0 atom stereocenters. The van der Waals surface area contributed by atoms with Gasteiger partial charge in [-0.05, 0) is 29.7 Å². The van der Waals surface area contributed by atoms with E-state index in [1.807, 2.05) is 12.1 Å². The summed E-state index contributed by atoms with van der Waals surface area (Å²) in [6.45, 7) is 2.50. The Hall–Kier alpha value is -2.16. The van der Waals surface area contributed by atoms with E-state index in [1.54, 1.807) is 12.1 Å². The van der Waals surface area contributed by atoms with Crippen molar-refractivity contribution in [1.82, 2.24) is 0 Å². The predicted octanol–water partition coefficient (Wildman–Crippen LogP) is 3.82. The lowest BCUT2D eigenvalue weighted by Crippen LogP contribution is -1.89. The molecule has 2 aromatic carbocycles. The van der Waals surface area contributed by atoms with E-state index in [0.717, 1.165) is 12.0 Å². The Morgan fingerprint density at radius 1 is 1.11 bits per heavy atom. The van der Waals surface area contributed by atoms with E-state index in [-0.39, 0.29) is 5.82 Å². The zero-order valence-corrected chi connectivity index (χ0v) is 10.8. The van der Waals surface area contributed by atoms with Crippen molar-refractivity contribution >= 4 is 6.21 Å². The first kappa shape index (κ1) is 13.3. The van der Waals surface area contributed by atoms with Crippen molar-refractivity contribution in [3.63, 3.8) is 0 Å². The van der Waals surface area contributed by atoms with Gasteiger partial charge in [-0.25, -0.2) is 4.39 Å². The van der Waals surface area contributed by atoms with Crippen molar-refractivity contribution in [2.45, 2.75) is 20.0 Å². The molecule has 0 saturated heterocycles. The van der Waals surface area contributed by atoms with Crippen LogP contribution in [0.5, 0.6) is 0 Å². The zero-order valence-electron chi connectivity index (χ0n) is 10.8. The van der Waals surface area contributed by atoms with Gasteiger partial charge in [0.25, 0.3) is 0 Å². The maximum absolute atomic E-state index is 12.9. The van der Waals surface area contributed by atoms with Gasteiger partial charge >= 0.3 is 0 Å². The highest BCUT2D eigenvalue weighted by Crippen LogP contribution is 2.06. The molecule has 0 amide bonds. The lowest BCUT2D eigenvalue weighted by Gasteiger charge is -2.01. The van der Waals surface area contributed by atoms with E-state index in [4.69, 9.17) is 4.84 Å². The number of hydrogen-bond donors (Lipinski definition) is 0. The van der Waals surface area contributed by atoms with Crippen LogP contribution >= 0.6 is 0 Å². The van der Waals surface area contributed by atoms with Crippen molar-refractivity contribution in [2.75, 3.05) is 0 Å². The Kier molecular flexibility index (Phi) is 4.67. The fourth-order valence-electron chi connectivity index (χ4n) is 1.62. The number of rotatable bonds is 5. The molecule has 3 heteroatoms. The molecule has 0 fully saturated rings. The van der Waals surface area contributed by atoms with Crippen molar-refractivity contribution in [1.29, 1.82) is 0 Å². The Morgan fingerprint density at radius 2 is 1.84 bits per heavy atom. The minimum atomic E-state index is -0.310. The van der Waals surface area contributed by atoms with Gasteiger partial charge in [0.15, 0.2) is 0 Å². The highest BCUT2D eigenvalue weighted by atomic mass is 19.1. The molecule has 0 aliphatic carbocycles. The van der Waals surface area contributed by atoms with Gasteiger partial charge in [0, 0.05) is 5.56 Å². The van der Waals surface area contributed by atoms with Crippen LogP contribution in [0.15, 0.2) is 53.7 Å². The molecule has 0 aliphatic rings. The van der Waals surface area contributed by atoms with Crippen LogP contribution < -0.4 is 0 Å². The zero-order chi connectivity index (χ0) is 13.5. The second-order valence-electron chi connectivity index (χ2n) is 4.16. The fourth-order valence-corrected chi connectivity index (χ4v) is 1.62. The summed E-state index contributed by atoms with van der Waals surface area (Å²) in [7, 11) is 0. The molecule has 19 heavy (non-hydrogen) atoms. The maximum Gasteiger partial charge on any atom is 0.142 e. The second-order valence-corrected chi connectivity index (χ2v) is 4.16. The third-order valence-electron chi connectivity index (χ3n) is 2.73. The molecule has 97 valence electrons. The van der Waals surface area contributed by atoms with Crippen LogP contribution in [-0.4, -0.2) is 6.21 Å². The summed E-state index contributed by atoms with van der Waals surface area (Å²) in [5.74, 6) is -0.310. The average Bonchev–Trinajstić information content (AvgIpc) is 2.44. The van der Waals surface area contributed by atoms with Crippen LogP contribution in [-0.2, 0) is 17.9 Å². The number of nitrogens with zero attached hydrogens (tertiary/aromatic N) is 1. The van der Waals surface area contributed by atoms with Crippen LogP contribution in [0.4, 0.5) is 4.39 Å². The highest BCUT2D eigenvalue weighted by Gasteiger charge is 1.94. The third kappa shape index (κ3) is 4.21. The smallest absolute Gasteiger partial charge is 0.142 e. The normalized spacial score (nSPS) is 10.8. The van der Waals surface area contributed by atoms with E-state index < -0.39 is 0 Å². The molecule has 2 aromatic rings. The Balaban J connectivity index is 1.85. The topological polar surface area (TPSA) is 21.6 Å². The summed E-state index contributed by atoms with van der Waals surface area (Å²) in [4.78, 5) is 5.13. The van der Waals surface area contributed by atoms with Gasteiger partial charge in [0.2, 0.25) is 0 Å². The molecule has 1 radical (unpaired) electrons. The number of halogens is 1. The van der Waals surface area contributed by atoms with E-state index in [9.17, 15) is 4.39 Å². The third-order valence-corrected chi connectivity index (χ3v) is 2.73. The molecule has 0 N–H and O–H groups in total. The van der Waals surface area contributed by atoms with E-state index >= 15 is 0 Å². The number of hydrogen-bond acceptors (Lipinski definition) is 2. The molecule has 2 rings (SSSR count). The highest BCUT2D eigenvalue weighted by molar-refractivity contribution is 5.78. The largest absolute Gasteiger partial charge is 0.390 e. The quantitative estimate of drug-likeness (QED) is 0.588. The fraction of sp³-hybridized carbons (Fsp3) is 0.188. The molecule has 0 bridgehead atoms. The number of aryl methyl sites for hydroxylation is 1. The van der Waals surface area contributed by atoms with Gasteiger partial charge in [-0.2, -0.15) is 0 Å². The lowest BCUT2D eigenvalue weighted by molar-refractivity contribution is 0.132. The summed E-state index contributed by atoms with van der Waals surface area (Å²) in [6, 6.07) is 14.2. The Morgan fingerprint density at radius 3 is 2.53 bits per heavy atom. The summed E-state index contributed by atoms with van der Waals surface area (Å²) >= 11 is 0. The van der Waals surface area contributed by atoms with Crippen LogP contribution in [0.1, 0.15) is 23.6 Å². The van der Waals surface area contributed by atoms with Crippen molar-refractivity contribution < 1.29 is 9.23 Å². The van der Waals surface area contributed by atoms with Crippen LogP contribution in [0.2, 0.25) is 0 Å². The monoisotopic (exact) mass is 256 g/mol. The maximum atomic E-state index is 12.9. The lowest BCUT2D eigenvalue weighted by atomic mass is 10.1. The van der Waals surface area contributed by atoms with Gasteiger partial charge in [-0.15, -0.1) is 0 Å². The van der Waals surface area contributed by atoms with Crippen LogP contribution in [0, 0.1) is 5.82 Å². The standard InChI is InChI=1S/C16H15FNO/c1-2-13-6-8-14(9-7-13)12-19-18-11-15-4-3-5-16(17)10-15/h3-10H,2,12H2,1H3. The van der Waals surface area contributed by atoms with E-state index in [2.05, 4.69) is 30.4 Å². The average molecular weight is 256 g/mol. The van der Waals surface area contributed by atoms with Crippen molar-refractivity contribution in [3.8, 4) is 0 Å². The molecule has 0 unspecified atom stereocenters. The van der Waals surface area contributed by atoms with Gasteiger partial charge < -0.3 is 4.84 Å². The van der Waals surface area contributed by atoms with E-state index in [0.29, 0.717) is 12.2 Å². The number of benzene rings is 2. The first-order chi connectivity index (χ1) is 9.28. The summed E-state index contributed by atoms with van der Waals surface area (Å²) in [5.41, 5.74) is 2.89. The summed E-state index contributed by atoms with van der Waals surface area (Å²) < 4.78 is 12.9. The van der Waals surface area contributed by atoms with Gasteiger partial charge in [-0.3, -0.25) is 0 Å². The molecule has 0 aliphatic heterocycles. The minimum Gasteiger partial charge on any atom is -0.390 e. The molecule has 0 aromatic heterocycles. The molecule has 2 nitrogen and oxygen atoms in total.